The van der Waals surface area contributed by atoms with Crippen molar-refractivity contribution in [3.8, 4) is 11.1 Å². The number of hydrogen-bond donors (Lipinski definition) is 1. The number of aromatic nitrogens is 3. The average Bonchev–Trinajstić information content (AvgIpc) is 2.78. The maximum absolute atomic E-state index is 12.6. The predicted octanol–water partition coefficient (Wildman–Crippen LogP) is 4.79. The molecule has 0 radical (unpaired) electrons. The minimum absolute atomic E-state index is 0.127. The van der Waals surface area contributed by atoms with Gasteiger partial charge in [0.15, 0.2) is 0 Å². The molecule has 0 saturated heterocycles. The van der Waals surface area contributed by atoms with Gasteiger partial charge in [-0.1, -0.05) is 30.3 Å². The Kier molecular flexibility index (Phi) is 5.39. The molecule has 0 fully saturated rings. The van der Waals surface area contributed by atoms with Crippen LogP contribution in [0.5, 0.6) is 0 Å². The molecule has 4 rings (SSSR count). The van der Waals surface area contributed by atoms with Crippen LogP contribution in [-0.4, -0.2) is 33.9 Å². The fourth-order valence-corrected chi connectivity index (χ4v) is 3.07. The highest BCUT2D eigenvalue weighted by Gasteiger charge is 2.12. The fraction of sp³-hybridized carbons (Fsp3) is 0.167. The number of anilines is 2. The zero-order valence-electron chi connectivity index (χ0n) is 17.2. The Morgan fingerprint density at radius 1 is 0.933 bits per heavy atom. The van der Waals surface area contributed by atoms with E-state index in [0.29, 0.717) is 11.7 Å². The Bertz CT molecular complexity index is 1170. The van der Waals surface area contributed by atoms with Crippen molar-refractivity contribution in [2.75, 3.05) is 17.3 Å². The van der Waals surface area contributed by atoms with Crippen molar-refractivity contribution >= 4 is 28.3 Å². The molecule has 0 aliphatic rings. The molecule has 2 aromatic carbocycles. The van der Waals surface area contributed by atoms with Gasteiger partial charge in [0.2, 0.25) is 5.82 Å². The smallest absolute Gasteiger partial charge is 0.293 e. The molecule has 2 heterocycles. The van der Waals surface area contributed by atoms with Gasteiger partial charge in [0, 0.05) is 42.1 Å². The van der Waals surface area contributed by atoms with Crippen molar-refractivity contribution in [1.29, 1.82) is 0 Å². The highest BCUT2D eigenvalue weighted by Crippen LogP contribution is 2.22. The van der Waals surface area contributed by atoms with Crippen LogP contribution in [0.25, 0.3) is 22.0 Å². The number of benzene rings is 2. The van der Waals surface area contributed by atoms with E-state index in [9.17, 15) is 4.79 Å². The Balaban J connectivity index is 1.50. The number of rotatable bonds is 5. The largest absolute Gasteiger partial charge is 0.357 e. The average molecular weight is 397 g/mol. The van der Waals surface area contributed by atoms with E-state index in [1.165, 1.54) is 0 Å². The summed E-state index contributed by atoms with van der Waals surface area (Å²) < 4.78 is 0. The summed E-state index contributed by atoms with van der Waals surface area (Å²) in [6, 6.07) is 19.8. The van der Waals surface area contributed by atoms with Gasteiger partial charge in [-0.25, -0.2) is 15.0 Å². The lowest BCUT2D eigenvalue weighted by molar-refractivity contribution is 0.101. The van der Waals surface area contributed by atoms with Crippen molar-refractivity contribution in [3.05, 3.63) is 78.9 Å². The maximum atomic E-state index is 12.6. The topological polar surface area (TPSA) is 71.0 Å². The number of carbonyl (C=O) groups is 1. The van der Waals surface area contributed by atoms with Crippen LogP contribution < -0.4 is 10.2 Å². The van der Waals surface area contributed by atoms with E-state index in [-0.39, 0.29) is 11.7 Å². The lowest BCUT2D eigenvalue weighted by Crippen LogP contribution is -2.26. The second kappa shape index (κ2) is 8.29. The summed E-state index contributed by atoms with van der Waals surface area (Å²) in [5.74, 6) is 0.695. The first-order valence-corrected chi connectivity index (χ1v) is 9.84. The lowest BCUT2D eigenvalue weighted by Gasteiger charge is -2.22. The summed E-state index contributed by atoms with van der Waals surface area (Å²) >= 11 is 0. The van der Waals surface area contributed by atoms with Crippen LogP contribution in [0.3, 0.4) is 0 Å². The fourth-order valence-electron chi connectivity index (χ4n) is 3.07. The van der Waals surface area contributed by atoms with Gasteiger partial charge in [-0.15, -0.1) is 0 Å². The number of pyridine rings is 1. The van der Waals surface area contributed by atoms with Crippen molar-refractivity contribution in [2.45, 2.75) is 19.9 Å². The molecule has 0 spiro atoms. The minimum Gasteiger partial charge on any atom is -0.357 e. The zero-order chi connectivity index (χ0) is 21.1. The van der Waals surface area contributed by atoms with Gasteiger partial charge < -0.3 is 10.2 Å². The van der Waals surface area contributed by atoms with Crippen molar-refractivity contribution in [1.82, 2.24) is 15.0 Å². The first-order valence-electron chi connectivity index (χ1n) is 9.84. The van der Waals surface area contributed by atoms with Crippen LogP contribution >= 0.6 is 0 Å². The summed E-state index contributed by atoms with van der Waals surface area (Å²) in [4.78, 5) is 27.8. The molecule has 6 heteroatoms. The molecule has 0 saturated carbocycles. The third-order valence-electron chi connectivity index (χ3n) is 5.03. The van der Waals surface area contributed by atoms with Gasteiger partial charge in [0.05, 0.1) is 5.52 Å². The number of nitrogens with zero attached hydrogens (tertiary/aromatic N) is 4. The Hall–Kier alpha value is -3.80. The second-order valence-electron chi connectivity index (χ2n) is 7.40. The Labute approximate surface area is 175 Å². The molecule has 6 nitrogen and oxygen atoms in total. The Morgan fingerprint density at radius 2 is 1.67 bits per heavy atom. The molecule has 0 aliphatic carbocycles. The van der Waals surface area contributed by atoms with Crippen molar-refractivity contribution < 1.29 is 4.79 Å². The van der Waals surface area contributed by atoms with Crippen LogP contribution in [-0.2, 0) is 0 Å². The summed E-state index contributed by atoms with van der Waals surface area (Å²) in [5.41, 5.74) is 3.43. The van der Waals surface area contributed by atoms with Gasteiger partial charge in [0.1, 0.15) is 5.82 Å². The second-order valence-corrected chi connectivity index (χ2v) is 7.40. The van der Waals surface area contributed by atoms with Crippen molar-refractivity contribution in [3.63, 3.8) is 0 Å². The molecule has 0 atom stereocenters. The van der Waals surface area contributed by atoms with Gasteiger partial charge in [0.25, 0.3) is 5.91 Å². The van der Waals surface area contributed by atoms with Gasteiger partial charge >= 0.3 is 0 Å². The number of carbonyl (C=O) groups excluding carboxylic acids is 1. The first-order chi connectivity index (χ1) is 14.5. The molecule has 1 N–H and O–H groups in total. The number of fused-ring (bicyclic) bond motifs is 1. The van der Waals surface area contributed by atoms with E-state index in [2.05, 4.69) is 34.0 Å². The number of nitrogens with one attached hydrogen (secondary N) is 1. The minimum atomic E-state index is -0.349. The van der Waals surface area contributed by atoms with E-state index >= 15 is 0 Å². The lowest BCUT2D eigenvalue weighted by atomic mass is 10.1. The van der Waals surface area contributed by atoms with Crippen LogP contribution in [0.4, 0.5) is 11.5 Å². The van der Waals surface area contributed by atoms with E-state index in [1.54, 1.807) is 12.4 Å². The standard InChI is InChI=1S/C24H23N5O/c1-16(2)29(3)22-12-9-18-13-20(10-11-21(18)28-22)27-24(30)23-25-14-19(15-26-23)17-7-5-4-6-8-17/h4-16H,1-3H3,(H,27,30). The van der Waals surface area contributed by atoms with E-state index < -0.39 is 0 Å². The SMILES string of the molecule is CC(C)N(C)c1ccc2cc(NC(=O)c3ncc(-c4ccccc4)cn3)ccc2n1. The first kappa shape index (κ1) is 19.5. The maximum Gasteiger partial charge on any atom is 0.293 e. The molecule has 2 aromatic heterocycles. The molecule has 30 heavy (non-hydrogen) atoms. The summed E-state index contributed by atoms with van der Waals surface area (Å²) in [7, 11) is 2.02. The number of amides is 1. The molecule has 4 aromatic rings. The van der Waals surface area contributed by atoms with Crippen LogP contribution in [0.1, 0.15) is 24.5 Å². The molecule has 0 bridgehead atoms. The third kappa shape index (κ3) is 4.12. The molecule has 150 valence electrons. The summed E-state index contributed by atoms with van der Waals surface area (Å²) in [5, 5.41) is 3.82. The number of hydrogen-bond acceptors (Lipinski definition) is 5. The van der Waals surface area contributed by atoms with E-state index in [1.807, 2.05) is 67.7 Å². The van der Waals surface area contributed by atoms with Gasteiger partial charge in [-0.3, -0.25) is 4.79 Å². The quantitative estimate of drug-likeness (QED) is 0.524. The van der Waals surface area contributed by atoms with Crippen LogP contribution in [0.2, 0.25) is 0 Å². The highest BCUT2D eigenvalue weighted by atomic mass is 16.2. The van der Waals surface area contributed by atoms with Gasteiger partial charge in [-0.05, 0) is 49.7 Å². The molecule has 1 amide bonds. The molecular weight excluding hydrogens is 374 g/mol. The highest BCUT2D eigenvalue weighted by molar-refractivity contribution is 6.02. The summed E-state index contributed by atoms with van der Waals surface area (Å²) in [6.07, 6.45) is 3.32. The zero-order valence-corrected chi connectivity index (χ0v) is 17.2. The molecule has 0 unspecified atom stereocenters. The van der Waals surface area contributed by atoms with Crippen LogP contribution in [0.15, 0.2) is 73.1 Å². The van der Waals surface area contributed by atoms with Gasteiger partial charge in [-0.2, -0.15) is 0 Å². The predicted molar refractivity (Wildman–Crippen MR) is 121 cm³/mol. The summed E-state index contributed by atoms with van der Waals surface area (Å²) in [6.45, 7) is 4.25. The third-order valence-corrected chi connectivity index (χ3v) is 5.03. The van der Waals surface area contributed by atoms with E-state index in [4.69, 9.17) is 4.98 Å². The molecular formula is C24H23N5O. The monoisotopic (exact) mass is 397 g/mol. The van der Waals surface area contributed by atoms with E-state index in [0.717, 1.165) is 27.8 Å². The van der Waals surface area contributed by atoms with Crippen molar-refractivity contribution in [2.24, 2.45) is 0 Å². The van der Waals surface area contributed by atoms with Crippen LogP contribution in [0, 0.1) is 0 Å². The normalized spacial score (nSPS) is 10.9. The molecule has 0 aliphatic heterocycles. The Morgan fingerprint density at radius 3 is 2.37 bits per heavy atom.